The Hall–Kier alpha value is -2.60. The number of hydrogen-bond acceptors (Lipinski definition) is 2. The van der Waals surface area contributed by atoms with E-state index in [0.29, 0.717) is 13.0 Å². The highest BCUT2D eigenvalue weighted by molar-refractivity contribution is 5.81. The molecule has 20 heavy (non-hydrogen) atoms. The van der Waals surface area contributed by atoms with Gasteiger partial charge in [-0.15, -0.1) is 0 Å². The van der Waals surface area contributed by atoms with Gasteiger partial charge in [-0.05, 0) is 17.5 Å². The summed E-state index contributed by atoms with van der Waals surface area (Å²) in [5, 5.41) is 12.0. The number of nitrogens with one attached hydrogen (secondary N) is 1. The summed E-state index contributed by atoms with van der Waals surface area (Å²) in [4.78, 5) is 12.0. The molecule has 1 unspecified atom stereocenters. The third kappa shape index (κ3) is 3.96. The van der Waals surface area contributed by atoms with E-state index in [1.165, 1.54) is 0 Å². The maximum atomic E-state index is 12.0. The van der Waals surface area contributed by atoms with Crippen molar-refractivity contribution in [3.8, 4) is 6.07 Å². The van der Waals surface area contributed by atoms with Crippen LogP contribution in [0.5, 0.6) is 0 Å². The van der Waals surface area contributed by atoms with E-state index in [-0.39, 0.29) is 5.91 Å². The maximum Gasteiger partial charge on any atom is 0.237 e. The Morgan fingerprint density at radius 2 is 1.55 bits per heavy atom. The number of carbonyl (C=O) groups is 1. The number of nitriles is 1. The van der Waals surface area contributed by atoms with Crippen molar-refractivity contribution < 1.29 is 4.79 Å². The fourth-order valence-electron chi connectivity index (χ4n) is 1.96. The van der Waals surface area contributed by atoms with Crippen molar-refractivity contribution in [1.82, 2.24) is 5.32 Å². The van der Waals surface area contributed by atoms with Crippen LogP contribution in [0.25, 0.3) is 0 Å². The molecule has 0 fully saturated rings. The lowest BCUT2D eigenvalue weighted by Crippen LogP contribution is -2.30. The van der Waals surface area contributed by atoms with Crippen LogP contribution in [0.1, 0.15) is 11.1 Å². The molecule has 0 spiro atoms. The van der Waals surface area contributed by atoms with Crippen LogP contribution in [0.2, 0.25) is 0 Å². The summed E-state index contributed by atoms with van der Waals surface area (Å²) >= 11 is 0. The first-order valence-corrected chi connectivity index (χ1v) is 6.55. The van der Waals surface area contributed by atoms with Crippen LogP contribution in [0.15, 0.2) is 60.7 Å². The minimum Gasteiger partial charge on any atom is -0.351 e. The van der Waals surface area contributed by atoms with Gasteiger partial charge in [0, 0.05) is 6.54 Å². The topological polar surface area (TPSA) is 52.9 Å². The van der Waals surface area contributed by atoms with E-state index in [1.807, 2.05) is 60.7 Å². The first-order valence-electron chi connectivity index (χ1n) is 6.55. The lowest BCUT2D eigenvalue weighted by molar-refractivity contribution is -0.123. The zero-order valence-electron chi connectivity index (χ0n) is 11.1. The minimum atomic E-state index is -0.652. The number of rotatable bonds is 5. The molecule has 0 aliphatic heterocycles. The molecule has 0 bridgehead atoms. The lowest BCUT2D eigenvalue weighted by Gasteiger charge is -2.10. The summed E-state index contributed by atoms with van der Waals surface area (Å²) < 4.78 is 0. The predicted octanol–water partition coefficient (Wildman–Crippen LogP) is 2.69. The highest BCUT2D eigenvalue weighted by atomic mass is 16.1. The van der Waals surface area contributed by atoms with Crippen molar-refractivity contribution in [2.75, 3.05) is 0 Å². The van der Waals surface area contributed by atoms with Crippen LogP contribution in [-0.4, -0.2) is 5.91 Å². The largest absolute Gasteiger partial charge is 0.351 e. The predicted molar refractivity (Wildman–Crippen MR) is 77.5 cm³/mol. The van der Waals surface area contributed by atoms with Gasteiger partial charge in [0.25, 0.3) is 0 Å². The first kappa shape index (κ1) is 13.8. The summed E-state index contributed by atoms with van der Waals surface area (Å²) in [6, 6.07) is 21.3. The zero-order valence-corrected chi connectivity index (χ0v) is 11.1. The molecule has 2 aromatic carbocycles. The fourth-order valence-corrected chi connectivity index (χ4v) is 1.96. The molecular formula is C17H16N2O. The zero-order chi connectivity index (χ0) is 14.2. The quantitative estimate of drug-likeness (QED) is 0.902. The number of nitrogens with zero attached hydrogens (tertiary/aromatic N) is 1. The molecule has 1 amide bonds. The second kappa shape index (κ2) is 7.10. The van der Waals surface area contributed by atoms with E-state index in [4.69, 9.17) is 5.26 Å². The van der Waals surface area contributed by atoms with Gasteiger partial charge in [0.05, 0.1) is 6.07 Å². The van der Waals surface area contributed by atoms with Crippen LogP contribution in [0.4, 0.5) is 0 Å². The molecule has 0 aliphatic carbocycles. The smallest absolute Gasteiger partial charge is 0.237 e. The molecule has 0 saturated heterocycles. The molecule has 1 N–H and O–H groups in total. The number of amides is 1. The third-order valence-electron chi connectivity index (χ3n) is 3.06. The van der Waals surface area contributed by atoms with E-state index >= 15 is 0 Å². The lowest BCUT2D eigenvalue weighted by atomic mass is 10.00. The molecule has 2 rings (SSSR count). The maximum absolute atomic E-state index is 12.0. The molecule has 1 atom stereocenters. The average molecular weight is 264 g/mol. The molecule has 0 aliphatic rings. The summed E-state index contributed by atoms with van der Waals surface area (Å²) in [6.45, 7) is 0.451. The Morgan fingerprint density at radius 1 is 1.00 bits per heavy atom. The Morgan fingerprint density at radius 3 is 2.10 bits per heavy atom. The molecule has 100 valence electrons. The molecule has 3 heteroatoms. The van der Waals surface area contributed by atoms with Gasteiger partial charge in [0.2, 0.25) is 5.91 Å². The van der Waals surface area contributed by atoms with E-state index in [9.17, 15) is 4.79 Å². The Bertz CT molecular complexity index is 587. The summed E-state index contributed by atoms with van der Waals surface area (Å²) in [5.41, 5.74) is 2.02. The van der Waals surface area contributed by atoms with E-state index in [0.717, 1.165) is 11.1 Å². The fraction of sp³-hybridized carbons (Fsp3) is 0.176. The van der Waals surface area contributed by atoms with E-state index in [1.54, 1.807) is 0 Å². The van der Waals surface area contributed by atoms with Gasteiger partial charge in [0.1, 0.15) is 5.92 Å². The van der Waals surface area contributed by atoms with E-state index in [2.05, 4.69) is 11.4 Å². The first-order chi connectivity index (χ1) is 9.79. The van der Waals surface area contributed by atoms with E-state index < -0.39 is 5.92 Å². The molecule has 2 aromatic rings. The van der Waals surface area contributed by atoms with Gasteiger partial charge in [-0.25, -0.2) is 0 Å². The molecule has 0 heterocycles. The van der Waals surface area contributed by atoms with Crippen LogP contribution in [-0.2, 0) is 17.8 Å². The second-order valence-corrected chi connectivity index (χ2v) is 4.57. The normalized spacial score (nSPS) is 11.3. The van der Waals surface area contributed by atoms with Crippen LogP contribution >= 0.6 is 0 Å². The standard InChI is InChI=1S/C17H16N2O/c18-12-16(11-14-7-3-1-4-8-14)17(20)19-13-15-9-5-2-6-10-15/h1-10,16H,11,13H2,(H,19,20). The minimum absolute atomic E-state index is 0.222. The van der Waals surface area contributed by atoms with Gasteiger partial charge in [-0.2, -0.15) is 5.26 Å². The SMILES string of the molecule is N#CC(Cc1ccccc1)C(=O)NCc1ccccc1. The number of hydrogen-bond donors (Lipinski definition) is 1. The average Bonchev–Trinajstić information content (AvgIpc) is 2.52. The Labute approximate surface area is 118 Å². The molecule has 0 aromatic heterocycles. The highest BCUT2D eigenvalue weighted by Crippen LogP contribution is 2.08. The van der Waals surface area contributed by atoms with Crippen LogP contribution in [0, 0.1) is 17.2 Å². The molecule has 3 nitrogen and oxygen atoms in total. The monoisotopic (exact) mass is 264 g/mol. The summed E-state index contributed by atoms with van der Waals surface area (Å²) in [6.07, 6.45) is 0.442. The van der Waals surface area contributed by atoms with Gasteiger partial charge in [-0.1, -0.05) is 60.7 Å². The van der Waals surface area contributed by atoms with Crippen molar-refractivity contribution in [2.45, 2.75) is 13.0 Å². The summed E-state index contributed by atoms with van der Waals surface area (Å²) in [7, 11) is 0. The molecule has 0 radical (unpaired) electrons. The van der Waals surface area contributed by atoms with Crippen molar-refractivity contribution in [3.05, 3.63) is 71.8 Å². The summed E-state index contributed by atoms with van der Waals surface area (Å²) in [5.74, 6) is -0.874. The van der Waals surface area contributed by atoms with Gasteiger partial charge in [-0.3, -0.25) is 4.79 Å². The number of benzene rings is 2. The number of carbonyl (C=O) groups excluding carboxylic acids is 1. The van der Waals surface area contributed by atoms with Crippen molar-refractivity contribution in [1.29, 1.82) is 5.26 Å². The van der Waals surface area contributed by atoms with Gasteiger partial charge < -0.3 is 5.32 Å². The highest BCUT2D eigenvalue weighted by Gasteiger charge is 2.17. The Balaban J connectivity index is 1.91. The van der Waals surface area contributed by atoms with Gasteiger partial charge in [0.15, 0.2) is 0 Å². The molecule has 0 saturated carbocycles. The Kier molecular flexibility index (Phi) is 4.91. The van der Waals surface area contributed by atoms with Crippen LogP contribution in [0.3, 0.4) is 0 Å². The van der Waals surface area contributed by atoms with Crippen molar-refractivity contribution in [2.24, 2.45) is 5.92 Å². The molecular weight excluding hydrogens is 248 g/mol. The third-order valence-corrected chi connectivity index (χ3v) is 3.06. The van der Waals surface area contributed by atoms with Crippen LogP contribution < -0.4 is 5.32 Å². The second-order valence-electron chi connectivity index (χ2n) is 4.57. The van der Waals surface area contributed by atoms with Crippen molar-refractivity contribution >= 4 is 5.91 Å². The van der Waals surface area contributed by atoms with Gasteiger partial charge >= 0.3 is 0 Å². The van der Waals surface area contributed by atoms with Crippen molar-refractivity contribution in [3.63, 3.8) is 0 Å².